The van der Waals surface area contributed by atoms with E-state index in [9.17, 15) is 8.42 Å². The van der Waals surface area contributed by atoms with Gasteiger partial charge in [-0.2, -0.15) is 0 Å². The summed E-state index contributed by atoms with van der Waals surface area (Å²) in [5, 5.41) is 0. The Hall–Kier alpha value is -0.390. The van der Waals surface area contributed by atoms with Gasteiger partial charge in [0.1, 0.15) is 4.21 Å². The van der Waals surface area contributed by atoms with Crippen molar-refractivity contribution in [2.24, 2.45) is 0 Å². The zero-order valence-corrected chi connectivity index (χ0v) is 11.0. The van der Waals surface area contributed by atoms with Gasteiger partial charge in [-0.3, -0.25) is 0 Å². The second-order valence-corrected chi connectivity index (χ2v) is 7.55. The van der Waals surface area contributed by atoms with Gasteiger partial charge in [-0.15, -0.1) is 11.3 Å². The highest BCUT2D eigenvalue weighted by molar-refractivity contribution is 7.91. The van der Waals surface area contributed by atoms with Crippen molar-refractivity contribution in [3.8, 4) is 0 Å². The Morgan fingerprint density at radius 1 is 1.25 bits per heavy atom. The molecule has 1 saturated carbocycles. The molecule has 0 atom stereocenters. The van der Waals surface area contributed by atoms with Crippen molar-refractivity contribution in [2.75, 3.05) is 0 Å². The minimum absolute atomic E-state index is 0.140. The minimum Gasteiger partial charge on any atom is -0.207 e. The summed E-state index contributed by atoms with van der Waals surface area (Å²) < 4.78 is 27.3. The van der Waals surface area contributed by atoms with Crippen molar-refractivity contribution in [3.63, 3.8) is 0 Å². The molecule has 5 heteroatoms. The molecule has 1 aromatic heterocycles. The lowest BCUT2D eigenvalue weighted by Gasteiger charge is -2.22. The molecule has 1 aliphatic carbocycles. The minimum atomic E-state index is -3.27. The Labute approximate surface area is 101 Å². The van der Waals surface area contributed by atoms with E-state index in [-0.39, 0.29) is 6.04 Å². The number of hydrogen-bond donors (Lipinski definition) is 1. The van der Waals surface area contributed by atoms with Crippen LogP contribution >= 0.6 is 11.3 Å². The SMILES string of the molecule is Cc1ccc(S(=O)(=O)NC2CCCCC2)s1. The summed E-state index contributed by atoms with van der Waals surface area (Å²) in [5.74, 6) is 0. The molecule has 1 aliphatic rings. The van der Waals surface area contributed by atoms with Crippen molar-refractivity contribution >= 4 is 21.4 Å². The second kappa shape index (κ2) is 4.85. The normalized spacial score (nSPS) is 18.8. The Morgan fingerprint density at radius 3 is 2.50 bits per heavy atom. The highest BCUT2D eigenvalue weighted by Crippen LogP contribution is 2.23. The summed E-state index contributed by atoms with van der Waals surface area (Å²) in [5.41, 5.74) is 0. The zero-order valence-electron chi connectivity index (χ0n) is 9.40. The van der Waals surface area contributed by atoms with E-state index in [0.717, 1.165) is 30.6 Å². The van der Waals surface area contributed by atoms with Gasteiger partial charge < -0.3 is 0 Å². The largest absolute Gasteiger partial charge is 0.250 e. The maximum atomic E-state index is 12.0. The molecule has 16 heavy (non-hydrogen) atoms. The summed E-state index contributed by atoms with van der Waals surface area (Å²) >= 11 is 1.33. The maximum absolute atomic E-state index is 12.0. The lowest BCUT2D eigenvalue weighted by atomic mass is 9.96. The van der Waals surface area contributed by atoms with E-state index in [0.29, 0.717) is 4.21 Å². The lowest BCUT2D eigenvalue weighted by Crippen LogP contribution is -2.35. The molecular weight excluding hydrogens is 242 g/mol. The average Bonchev–Trinajstić information content (AvgIpc) is 2.66. The molecule has 90 valence electrons. The van der Waals surface area contributed by atoms with Crippen LogP contribution in [0.15, 0.2) is 16.3 Å². The molecular formula is C11H17NO2S2. The topological polar surface area (TPSA) is 46.2 Å². The first-order chi connectivity index (χ1) is 7.58. The molecule has 0 aromatic carbocycles. The summed E-state index contributed by atoms with van der Waals surface area (Å²) in [4.78, 5) is 1.03. The number of thiophene rings is 1. The van der Waals surface area contributed by atoms with E-state index in [1.165, 1.54) is 17.8 Å². The Balaban J connectivity index is 2.07. The molecule has 3 nitrogen and oxygen atoms in total. The van der Waals surface area contributed by atoms with Crippen molar-refractivity contribution in [1.29, 1.82) is 0 Å². The van der Waals surface area contributed by atoms with Gasteiger partial charge in [0.15, 0.2) is 0 Å². The van der Waals surface area contributed by atoms with Gasteiger partial charge in [0, 0.05) is 10.9 Å². The molecule has 0 spiro atoms. The van der Waals surface area contributed by atoms with Gasteiger partial charge in [0.2, 0.25) is 10.0 Å². The van der Waals surface area contributed by atoms with Gasteiger partial charge in [0.05, 0.1) is 0 Å². The average molecular weight is 259 g/mol. The fraction of sp³-hybridized carbons (Fsp3) is 0.636. The van der Waals surface area contributed by atoms with Crippen LogP contribution in [0.5, 0.6) is 0 Å². The fourth-order valence-electron chi connectivity index (χ4n) is 2.05. The van der Waals surface area contributed by atoms with Crippen LogP contribution in [0, 0.1) is 6.92 Å². The van der Waals surface area contributed by atoms with Crippen LogP contribution < -0.4 is 4.72 Å². The molecule has 0 amide bonds. The number of nitrogens with one attached hydrogen (secondary N) is 1. The highest BCUT2D eigenvalue weighted by Gasteiger charge is 2.22. The van der Waals surface area contributed by atoms with Crippen LogP contribution in [-0.4, -0.2) is 14.5 Å². The van der Waals surface area contributed by atoms with E-state index < -0.39 is 10.0 Å². The predicted octanol–water partition coefficient (Wildman–Crippen LogP) is 2.67. The number of sulfonamides is 1. The third-order valence-electron chi connectivity index (χ3n) is 2.91. The van der Waals surface area contributed by atoms with Crippen LogP contribution in [0.25, 0.3) is 0 Å². The summed E-state index contributed by atoms with van der Waals surface area (Å²) in [6, 6.07) is 3.67. The number of hydrogen-bond acceptors (Lipinski definition) is 3. The Kier molecular flexibility index (Phi) is 3.66. The molecule has 2 rings (SSSR count). The Morgan fingerprint density at radius 2 is 1.94 bits per heavy atom. The first kappa shape index (κ1) is 12.1. The molecule has 1 heterocycles. The van der Waals surface area contributed by atoms with E-state index in [1.54, 1.807) is 6.07 Å². The third-order valence-corrected chi connectivity index (χ3v) is 5.92. The summed E-state index contributed by atoms with van der Waals surface area (Å²) in [6.45, 7) is 1.92. The summed E-state index contributed by atoms with van der Waals surface area (Å²) in [6.07, 6.45) is 5.46. The molecule has 1 N–H and O–H groups in total. The molecule has 1 aromatic rings. The zero-order chi connectivity index (χ0) is 11.6. The first-order valence-electron chi connectivity index (χ1n) is 5.67. The standard InChI is InChI=1S/C11H17NO2S2/c1-9-7-8-11(15-9)16(13,14)12-10-5-3-2-4-6-10/h7-8,10,12H,2-6H2,1H3. The van der Waals surface area contributed by atoms with Gasteiger partial charge in [-0.05, 0) is 31.9 Å². The van der Waals surface area contributed by atoms with Crippen molar-refractivity contribution in [1.82, 2.24) is 4.72 Å². The van der Waals surface area contributed by atoms with Crippen molar-refractivity contribution < 1.29 is 8.42 Å². The van der Waals surface area contributed by atoms with E-state index >= 15 is 0 Å². The van der Waals surface area contributed by atoms with Gasteiger partial charge in [-0.1, -0.05) is 19.3 Å². The van der Waals surface area contributed by atoms with Crippen molar-refractivity contribution in [2.45, 2.75) is 49.3 Å². The molecule has 0 saturated heterocycles. The molecule has 0 aliphatic heterocycles. The van der Waals surface area contributed by atoms with E-state index in [2.05, 4.69) is 4.72 Å². The number of rotatable bonds is 3. The van der Waals surface area contributed by atoms with Gasteiger partial charge in [0.25, 0.3) is 0 Å². The van der Waals surface area contributed by atoms with E-state index in [4.69, 9.17) is 0 Å². The van der Waals surface area contributed by atoms with Crippen LogP contribution in [0.2, 0.25) is 0 Å². The van der Waals surface area contributed by atoms with Crippen molar-refractivity contribution in [3.05, 3.63) is 17.0 Å². The maximum Gasteiger partial charge on any atom is 0.250 e. The van der Waals surface area contributed by atoms with Crippen LogP contribution in [0.3, 0.4) is 0 Å². The quantitative estimate of drug-likeness (QED) is 0.907. The van der Waals surface area contributed by atoms with Crippen LogP contribution in [0.1, 0.15) is 37.0 Å². The van der Waals surface area contributed by atoms with Gasteiger partial charge in [-0.25, -0.2) is 13.1 Å². The highest BCUT2D eigenvalue weighted by atomic mass is 32.2. The summed E-state index contributed by atoms with van der Waals surface area (Å²) in [7, 11) is -3.27. The van der Waals surface area contributed by atoms with Gasteiger partial charge >= 0.3 is 0 Å². The second-order valence-electron chi connectivity index (χ2n) is 4.32. The van der Waals surface area contributed by atoms with Crippen LogP contribution in [0.4, 0.5) is 0 Å². The molecule has 0 radical (unpaired) electrons. The number of aryl methyl sites for hydroxylation is 1. The predicted molar refractivity (Wildman–Crippen MR) is 66.3 cm³/mol. The third kappa shape index (κ3) is 2.84. The lowest BCUT2D eigenvalue weighted by molar-refractivity contribution is 0.412. The first-order valence-corrected chi connectivity index (χ1v) is 7.97. The monoisotopic (exact) mass is 259 g/mol. The smallest absolute Gasteiger partial charge is 0.207 e. The molecule has 0 bridgehead atoms. The fourth-order valence-corrected chi connectivity index (χ4v) is 4.66. The van der Waals surface area contributed by atoms with E-state index in [1.807, 2.05) is 13.0 Å². The Bertz CT molecular complexity index is 444. The van der Waals surface area contributed by atoms with Crippen LogP contribution in [-0.2, 0) is 10.0 Å². The molecule has 0 unspecified atom stereocenters. The molecule has 1 fully saturated rings.